The van der Waals surface area contributed by atoms with Crippen LogP contribution in [0.5, 0.6) is 0 Å². The van der Waals surface area contributed by atoms with E-state index >= 15 is 0 Å². The summed E-state index contributed by atoms with van der Waals surface area (Å²) in [5, 5.41) is 5.06. The second-order valence-electron chi connectivity index (χ2n) is 6.56. The molecule has 1 aliphatic heterocycles. The lowest BCUT2D eigenvalue weighted by atomic mass is 9.95. The fraction of sp³-hybridized carbons (Fsp3) is 0.474. The topological polar surface area (TPSA) is 54.5 Å². The zero-order valence-corrected chi connectivity index (χ0v) is 15.1. The van der Waals surface area contributed by atoms with E-state index in [-0.39, 0.29) is 5.91 Å². The first-order valence-corrected chi connectivity index (χ1v) is 9.84. The highest BCUT2D eigenvalue weighted by atomic mass is 32.1. The zero-order chi connectivity index (χ0) is 17.1. The van der Waals surface area contributed by atoms with Gasteiger partial charge in [0, 0.05) is 36.1 Å². The van der Waals surface area contributed by atoms with Crippen molar-refractivity contribution in [2.75, 3.05) is 31.2 Å². The van der Waals surface area contributed by atoms with Crippen LogP contribution in [0.2, 0.25) is 0 Å². The largest absolute Gasteiger partial charge is 0.378 e. The van der Waals surface area contributed by atoms with E-state index in [0.717, 1.165) is 56.1 Å². The smallest absolute Gasteiger partial charge is 0.252 e. The normalized spacial score (nSPS) is 17.2. The molecule has 0 bridgehead atoms. The summed E-state index contributed by atoms with van der Waals surface area (Å²) in [5.41, 5.74) is 3.17. The second-order valence-corrected chi connectivity index (χ2v) is 7.53. The minimum atomic E-state index is 0.0386. The summed E-state index contributed by atoms with van der Waals surface area (Å²) in [5.74, 6) is 1.02. The lowest BCUT2D eigenvalue weighted by Gasteiger charge is -2.27. The molecule has 0 atom stereocenters. The van der Waals surface area contributed by atoms with Crippen LogP contribution in [0.3, 0.4) is 0 Å². The van der Waals surface area contributed by atoms with Crippen molar-refractivity contribution in [2.24, 2.45) is 0 Å². The Morgan fingerprint density at radius 2 is 2.08 bits per heavy atom. The number of morpholine rings is 1. The van der Waals surface area contributed by atoms with Crippen molar-refractivity contribution in [3.05, 3.63) is 45.3 Å². The van der Waals surface area contributed by atoms with Crippen LogP contribution in [-0.2, 0) is 24.1 Å². The van der Waals surface area contributed by atoms with Gasteiger partial charge in [0.15, 0.2) is 0 Å². The molecular formula is C19H23N3O2S. The second kappa shape index (κ2) is 7.54. The maximum Gasteiger partial charge on any atom is 0.252 e. The summed E-state index contributed by atoms with van der Waals surface area (Å²) in [6.07, 6.45) is 6.46. The molecule has 1 N–H and O–H groups in total. The third kappa shape index (κ3) is 3.70. The first kappa shape index (κ1) is 16.5. The van der Waals surface area contributed by atoms with Crippen molar-refractivity contribution < 1.29 is 9.53 Å². The van der Waals surface area contributed by atoms with E-state index in [0.29, 0.717) is 6.54 Å². The number of thiophene rings is 1. The van der Waals surface area contributed by atoms with Crippen molar-refractivity contribution in [2.45, 2.75) is 32.2 Å². The lowest BCUT2D eigenvalue weighted by molar-refractivity contribution is 0.0950. The molecule has 25 heavy (non-hydrogen) atoms. The third-order valence-corrected chi connectivity index (χ3v) is 5.99. The average molecular weight is 357 g/mol. The number of fused-ring (bicyclic) bond motifs is 1. The monoisotopic (exact) mass is 357 g/mol. The highest BCUT2D eigenvalue weighted by Crippen LogP contribution is 2.30. The highest BCUT2D eigenvalue weighted by molar-refractivity contribution is 7.10. The van der Waals surface area contributed by atoms with Gasteiger partial charge in [-0.1, -0.05) is 6.07 Å². The standard InChI is InChI=1S/C19H23N3O2S/c23-19(16-13-25-17-4-2-1-3-15(16)17)21-12-14-5-6-18(20-11-14)22-7-9-24-10-8-22/h5-6,11,13H,1-4,7-10,12H2,(H,21,23). The number of aryl methyl sites for hydroxylation is 1. The van der Waals surface area contributed by atoms with Gasteiger partial charge < -0.3 is 15.0 Å². The van der Waals surface area contributed by atoms with Gasteiger partial charge in [-0.05, 0) is 42.9 Å². The predicted molar refractivity (Wildman–Crippen MR) is 99.4 cm³/mol. The molecule has 0 unspecified atom stereocenters. The molecule has 4 rings (SSSR count). The van der Waals surface area contributed by atoms with Gasteiger partial charge in [0.2, 0.25) is 0 Å². The molecule has 1 aliphatic carbocycles. The molecule has 1 saturated heterocycles. The Hall–Kier alpha value is -1.92. The number of hydrogen-bond acceptors (Lipinski definition) is 5. The van der Waals surface area contributed by atoms with Crippen LogP contribution in [0.15, 0.2) is 23.7 Å². The van der Waals surface area contributed by atoms with Gasteiger partial charge in [0.1, 0.15) is 5.82 Å². The van der Waals surface area contributed by atoms with E-state index in [4.69, 9.17) is 4.74 Å². The van der Waals surface area contributed by atoms with Gasteiger partial charge in [0.25, 0.3) is 5.91 Å². The number of amides is 1. The maximum absolute atomic E-state index is 12.5. The molecule has 0 saturated carbocycles. The van der Waals surface area contributed by atoms with E-state index in [2.05, 4.69) is 15.2 Å². The van der Waals surface area contributed by atoms with Gasteiger partial charge in [0.05, 0.1) is 18.8 Å². The van der Waals surface area contributed by atoms with Gasteiger partial charge in [-0.15, -0.1) is 11.3 Å². The zero-order valence-electron chi connectivity index (χ0n) is 14.3. The minimum Gasteiger partial charge on any atom is -0.378 e. The molecule has 2 aromatic heterocycles. The molecule has 0 aromatic carbocycles. The third-order valence-electron chi connectivity index (χ3n) is 4.90. The van der Waals surface area contributed by atoms with Crippen molar-refractivity contribution >= 4 is 23.1 Å². The number of nitrogens with zero attached hydrogens (tertiary/aromatic N) is 2. The lowest BCUT2D eigenvalue weighted by Crippen LogP contribution is -2.36. The Labute approximate surface area is 152 Å². The molecular weight excluding hydrogens is 334 g/mol. The molecule has 0 radical (unpaired) electrons. The first-order valence-electron chi connectivity index (χ1n) is 8.96. The molecule has 5 nitrogen and oxygen atoms in total. The Balaban J connectivity index is 1.36. The fourth-order valence-electron chi connectivity index (χ4n) is 3.46. The van der Waals surface area contributed by atoms with Crippen LogP contribution in [-0.4, -0.2) is 37.2 Å². The van der Waals surface area contributed by atoms with Gasteiger partial charge in [-0.25, -0.2) is 4.98 Å². The summed E-state index contributed by atoms with van der Waals surface area (Å²) in [6, 6.07) is 4.07. The Morgan fingerprint density at radius 3 is 2.88 bits per heavy atom. The van der Waals surface area contributed by atoms with Crippen molar-refractivity contribution in [3.8, 4) is 0 Å². The summed E-state index contributed by atoms with van der Waals surface area (Å²) in [6.45, 7) is 3.79. The van der Waals surface area contributed by atoms with Gasteiger partial charge in [-0.3, -0.25) is 4.79 Å². The summed E-state index contributed by atoms with van der Waals surface area (Å²) >= 11 is 1.73. The number of carbonyl (C=O) groups excluding carboxylic acids is 1. The van der Waals surface area contributed by atoms with E-state index in [1.807, 2.05) is 23.7 Å². The number of anilines is 1. The summed E-state index contributed by atoms with van der Waals surface area (Å²) in [4.78, 5) is 20.7. The molecule has 0 spiro atoms. The van der Waals surface area contributed by atoms with Gasteiger partial charge in [-0.2, -0.15) is 0 Å². The summed E-state index contributed by atoms with van der Waals surface area (Å²) in [7, 11) is 0. The van der Waals surface area contributed by atoms with Crippen molar-refractivity contribution in [3.63, 3.8) is 0 Å². The average Bonchev–Trinajstić information content (AvgIpc) is 3.11. The molecule has 1 amide bonds. The molecule has 1 fully saturated rings. The number of pyridine rings is 1. The van der Waals surface area contributed by atoms with E-state index in [1.165, 1.54) is 23.3 Å². The van der Waals surface area contributed by atoms with Gasteiger partial charge >= 0.3 is 0 Å². The highest BCUT2D eigenvalue weighted by Gasteiger charge is 2.20. The number of carbonyl (C=O) groups is 1. The van der Waals surface area contributed by atoms with E-state index in [9.17, 15) is 4.79 Å². The van der Waals surface area contributed by atoms with E-state index in [1.54, 1.807) is 11.3 Å². The Kier molecular flexibility index (Phi) is 4.99. The Morgan fingerprint density at radius 1 is 1.24 bits per heavy atom. The number of ether oxygens (including phenoxy) is 1. The minimum absolute atomic E-state index is 0.0386. The summed E-state index contributed by atoms with van der Waals surface area (Å²) < 4.78 is 5.37. The molecule has 132 valence electrons. The molecule has 6 heteroatoms. The molecule has 2 aliphatic rings. The van der Waals surface area contributed by atoms with Crippen LogP contribution in [0, 0.1) is 0 Å². The maximum atomic E-state index is 12.5. The fourth-order valence-corrected chi connectivity index (χ4v) is 4.59. The first-order chi connectivity index (χ1) is 12.3. The quantitative estimate of drug-likeness (QED) is 0.914. The van der Waals surface area contributed by atoms with Crippen molar-refractivity contribution in [1.82, 2.24) is 10.3 Å². The molecule has 3 heterocycles. The SMILES string of the molecule is O=C(NCc1ccc(N2CCOCC2)nc1)c1csc2c1CCCC2. The van der Waals surface area contributed by atoms with Crippen LogP contribution in [0.4, 0.5) is 5.82 Å². The van der Waals surface area contributed by atoms with Crippen LogP contribution in [0.1, 0.15) is 39.2 Å². The van der Waals surface area contributed by atoms with Crippen LogP contribution < -0.4 is 10.2 Å². The number of nitrogens with one attached hydrogen (secondary N) is 1. The molecule has 2 aromatic rings. The number of aromatic nitrogens is 1. The predicted octanol–water partition coefficient (Wildman–Crippen LogP) is 2.79. The Bertz CT molecular complexity index is 736. The van der Waals surface area contributed by atoms with Crippen molar-refractivity contribution in [1.29, 1.82) is 0 Å². The van der Waals surface area contributed by atoms with E-state index < -0.39 is 0 Å². The number of rotatable bonds is 4. The number of hydrogen-bond donors (Lipinski definition) is 1. The van der Waals surface area contributed by atoms with Crippen LogP contribution in [0.25, 0.3) is 0 Å². The van der Waals surface area contributed by atoms with Crippen LogP contribution >= 0.6 is 11.3 Å².